The van der Waals surface area contributed by atoms with Gasteiger partial charge in [-0.3, -0.25) is 4.79 Å². The van der Waals surface area contributed by atoms with Crippen LogP contribution in [0, 0.1) is 0 Å². The molecule has 21 heavy (non-hydrogen) atoms. The van der Waals surface area contributed by atoms with Gasteiger partial charge in [-0.15, -0.1) is 0 Å². The molecule has 0 fully saturated rings. The Hall–Kier alpha value is -2.49. The van der Waals surface area contributed by atoms with Gasteiger partial charge in [0.25, 0.3) is 0 Å². The molecule has 3 N–H and O–H groups in total. The van der Waals surface area contributed by atoms with Crippen molar-refractivity contribution < 1.29 is 4.79 Å². The molecule has 0 saturated carbocycles. The molecule has 0 bridgehead atoms. The van der Waals surface area contributed by atoms with Crippen LogP contribution < -0.4 is 16.0 Å². The molecule has 0 aromatic heterocycles. The molecule has 0 atom stereocenters. The molecule has 0 radical (unpaired) electrons. The average molecular weight is 283 g/mol. The summed E-state index contributed by atoms with van der Waals surface area (Å²) < 4.78 is 0. The molecule has 0 saturated heterocycles. The average Bonchev–Trinajstić information content (AvgIpc) is 2.51. The number of hydrogen-bond acceptors (Lipinski definition) is 3. The Morgan fingerprint density at radius 1 is 1.10 bits per heavy atom. The molecule has 0 aliphatic heterocycles. The highest BCUT2D eigenvalue weighted by atomic mass is 16.1. The van der Waals surface area contributed by atoms with E-state index in [4.69, 9.17) is 5.73 Å². The summed E-state index contributed by atoms with van der Waals surface area (Å²) in [6.45, 7) is 3.63. The smallest absolute Gasteiger partial charge is 0.226 e. The topological polar surface area (TPSA) is 58.4 Å². The SMILES string of the molecule is CCN(CCC(=O)Nc1ccccc1N)c1ccccc1. The number of carbonyl (C=O) groups is 1. The summed E-state index contributed by atoms with van der Waals surface area (Å²) in [6, 6.07) is 17.4. The Labute approximate surface area is 125 Å². The Morgan fingerprint density at radius 3 is 2.43 bits per heavy atom. The Bertz CT molecular complexity index is 584. The van der Waals surface area contributed by atoms with E-state index in [0.29, 0.717) is 24.3 Å². The molecule has 2 rings (SSSR count). The maximum Gasteiger partial charge on any atom is 0.226 e. The number of nitrogens with one attached hydrogen (secondary N) is 1. The second-order valence-electron chi connectivity index (χ2n) is 4.80. The molecule has 0 aliphatic carbocycles. The molecule has 0 spiro atoms. The third-order valence-corrected chi connectivity index (χ3v) is 3.35. The number of nitrogen functional groups attached to an aromatic ring is 1. The van der Waals surface area contributed by atoms with Gasteiger partial charge in [0.2, 0.25) is 5.91 Å². The summed E-state index contributed by atoms with van der Waals surface area (Å²) >= 11 is 0. The first kappa shape index (κ1) is 14.9. The van der Waals surface area contributed by atoms with Gasteiger partial charge in [0.1, 0.15) is 0 Å². The maximum atomic E-state index is 12.0. The lowest BCUT2D eigenvalue weighted by Crippen LogP contribution is -2.27. The third kappa shape index (κ3) is 4.24. The van der Waals surface area contributed by atoms with Gasteiger partial charge in [0.15, 0.2) is 0 Å². The van der Waals surface area contributed by atoms with Crippen LogP contribution in [-0.2, 0) is 4.79 Å². The summed E-state index contributed by atoms with van der Waals surface area (Å²) in [5.41, 5.74) is 8.20. The number of hydrogen-bond donors (Lipinski definition) is 2. The van der Waals surface area contributed by atoms with E-state index in [9.17, 15) is 4.79 Å². The summed E-state index contributed by atoms with van der Waals surface area (Å²) in [7, 11) is 0. The van der Waals surface area contributed by atoms with E-state index < -0.39 is 0 Å². The van der Waals surface area contributed by atoms with Crippen molar-refractivity contribution in [2.45, 2.75) is 13.3 Å². The van der Waals surface area contributed by atoms with Crippen molar-refractivity contribution in [2.75, 3.05) is 29.0 Å². The molecule has 4 nitrogen and oxygen atoms in total. The minimum Gasteiger partial charge on any atom is -0.397 e. The van der Waals surface area contributed by atoms with Gasteiger partial charge in [0.05, 0.1) is 11.4 Å². The van der Waals surface area contributed by atoms with Crippen LogP contribution in [0.15, 0.2) is 54.6 Å². The summed E-state index contributed by atoms with van der Waals surface area (Å²) in [6.07, 6.45) is 0.428. The zero-order valence-electron chi connectivity index (χ0n) is 12.3. The van der Waals surface area contributed by atoms with E-state index in [1.807, 2.05) is 36.4 Å². The highest BCUT2D eigenvalue weighted by Crippen LogP contribution is 2.17. The largest absolute Gasteiger partial charge is 0.397 e. The van der Waals surface area contributed by atoms with Crippen LogP contribution in [0.2, 0.25) is 0 Å². The van der Waals surface area contributed by atoms with Gasteiger partial charge < -0.3 is 16.0 Å². The van der Waals surface area contributed by atoms with Gasteiger partial charge in [-0.1, -0.05) is 30.3 Å². The lowest BCUT2D eigenvalue weighted by atomic mass is 10.2. The van der Waals surface area contributed by atoms with Crippen molar-refractivity contribution >= 4 is 23.0 Å². The van der Waals surface area contributed by atoms with Gasteiger partial charge in [-0.05, 0) is 31.2 Å². The van der Waals surface area contributed by atoms with E-state index in [1.165, 1.54) is 0 Å². The van der Waals surface area contributed by atoms with Gasteiger partial charge in [0, 0.05) is 25.2 Å². The normalized spacial score (nSPS) is 10.1. The number of rotatable bonds is 6. The zero-order chi connectivity index (χ0) is 15.1. The fourth-order valence-electron chi connectivity index (χ4n) is 2.17. The van der Waals surface area contributed by atoms with Crippen LogP contribution >= 0.6 is 0 Å². The molecule has 110 valence electrons. The van der Waals surface area contributed by atoms with Gasteiger partial charge >= 0.3 is 0 Å². The van der Waals surface area contributed by atoms with Crippen LogP contribution in [0.3, 0.4) is 0 Å². The number of benzene rings is 2. The first-order valence-corrected chi connectivity index (χ1v) is 7.15. The van der Waals surface area contributed by atoms with Crippen molar-refractivity contribution in [1.29, 1.82) is 0 Å². The first-order valence-electron chi connectivity index (χ1n) is 7.15. The van der Waals surface area contributed by atoms with Crippen LogP contribution in [0.25, 0.3) is 0 Å². The number of anilines is 3. The molecule has 1 amide bonds. The Morgan fingerprint density at radius 2 is 1.76 bits per heavy atom. The summed E-state index contributed by atoms with van der Waals surface area (Å²) in [5.74, 6) is -0.0257. The number of carbonyl (C=O) groups excluding carboxylic acids is 1. The number of para-hydroxylation sites is 3. The Balaban J connectivity index is 1.90. The van der Waals surface area contributed by atoms with Crippen LogP contribution in [0.1, 0.15) is 13.3 Å². The minimum atomic E-state index is -0.0257. The van der Waals surface area contributed by atoms with E-state index >= 15 is 0 Å². The Kier molecular flexibility index (Phi) is 5.21. The summed E-state index contributed by atoms with van der Waals surface area (Å²) in [5, 5.41) is 2.85. The standard InChI is InChI=1S/C17H21N3O/c1-2-20(14-8-4-3-5-9-14)13-12-17(21)19-16-11-7-6-10-15(16)18/h3-11H,2,12-13,18H2,1H3,(H,19,21). The minimum absolute atomic E-state index is 0.0257. The van der Waals surface area contributed by atoms with Crippen molar-refractivity contribution in [3.8, 4) is 0 Å². The van der Waals surface area contributed by atoms with Crippen molar-refractivity contribution in [3.05, 3.63) is 54.6 Å². The molecule has 2 aromatic carbocycles. The monoisotopic (exact) mass is 283 g/mol. The van der Waals surface area contributed by atoms with Crippen molar-refractivity contribution in [3.63, 3.8) is 0 Å². The fraction of sp³-hybridized carbons (Fsp3) is 0.235. The highest BCUT2D eigenvalue weighted by molar-refractivity contribution is 5.94. The van der Waals surface area contributed by atoms with Crippen LogP contribution in [0.4, 0.5) is 17.1 Å². The number of amides is 1. The second kappa shape index (κ2) is 7.33. The molecular weight excluding hydrogens is 262 g/mol. The molecule has 2 aromatic rings. The summed E-state index contributed by atoms with van der Waals surface area (Å²) in [4.78, 5) is 14.2. The molecule has 4 heteroatoms. The van der Waals surface area contributed by atoms with Crippen molar-refractivity contribution in [1.82, 2.24) is 0 Å². The zero-order valence-corrected chi connectivity index (χ0v) is 12.3. The molecular formula is C17H21N3O. The third-order valence-electron chi connectivity index (χ3n) is 3.35. The number of nitrogens with two attached hydrogens (primary N) is 1. The number of nitrogens with zero attached hydrogens (tertiary/aromatic N) is 1. The fourth-order valence-corrected chi connectivity index (χ4v) is 2.17. The van der Waals surface area contributed by atoms with E-state index in [1.54, 1.807) is 6.07 Å². The van der Waals surface area contributed by atoms with Crippen LogP contribution in [0.5, 0.6) is 0 Å². The van der Waals surface area contributed by atoms with Gasteiger partial charge in [-0.25, -0.2) is 0 Å². The van der Waals surface area contributed by atoms with Gasteiger partial charge in [-0.2, -0.15) is 0 Å². The van der Waals surface area contributed by atoms with E-state index in [0.717, 1.165) is 12.2 Å². The van der Waals surface area contributed by atoms with Crippen molar-refractivity contribution in [2.24, 2.45) is 0 Å². The lowest BCUT2D eigenvalue weighted by Gasteiger charge is -2.22. The van der Waals surface area contributed by atoms with Crippen LogP contribution in [-0.4, -0.2) is 19.0 Å². The molecule has 0 heterocycles. The quantitative estimate of drug-likeness (QED) is 0.801. The highest BCUT2D eigenvalue weighted by Gasteiger charge is 2.08. The first-order chi connectivity index (χ1) is 10.2. The molecule has 0 unspecified atom stereocenters. The lowest BCUT2D eigenvalue weighted by molar-refractivity contribution is -0.116. The van der Waals surface area contributed by atoms with E-state index in [-0.39, 0.29) is 5.91 Å². The maximum absolute atomic E-state index is 12.0. The predicted molar refractivity (Wildman–Crippen MR) is 88.4 cm³/mol. The van der Waals surface area contributed by atoms with E-state index in [2.05, 4.69) is 29.3 Å². The predicted octanol–water partition coefficient (Wildman–Crippen LogP) is 3.12. The molecule has 0 aliphatic rings. The second-order valence-corrected chi connectivity index (χ2v) is 4.80.